The molecule has 2 aromatic rings. The van der Waals surface area contributed by atoms with Crippen molar-refractivity contribution in [2.75, 3.05) is 25.6 Å². The Kier molecular flexibility index (Phi) is 7.19. The SMILES string of the molecule is COC(=O)c1cccc(NC(=NC[C@H]2CCCO2)NC(=O)c2ccc(C)c(C)c2)c1. The summed E-state index contributed by atoms with van der Waals surface area (Å²) < 4.78 is 10.4. The van der Waals surface area contributed by atoms with E-state index < -0.39 is 5.97 Å². The smallest absolute Gasteiger partial charge is 0.337 e. The van der Waals surface area contributed by atoms with Crippen molar-refractivity contribution in [1.29, 1.82) is 0 Å². The molecule has 7 heteroatoms. The average molecular weight is 409 g/mol. The number of benzene rings is 2. The van der Waals surface area contributed by atoms with Crippen LogP contribution in [0.3, 0.4) is 0 Å². The van der Waals surface area contributed by atoms with Gasteiger partial charge in [-0.05, 0) is 68.1 Å². The summed E-state index contributed by atoms with van der Waals surface area (Å²) in [7, 11) is 1.33. The van der Waals surface area contributed by atoms with E-state index in [1.165, 1.54) is 7.11 Å². The number of hydrogen-bond acceptors (Lipinski definition) is 5. The molecule has 0 unspecified atom stereocenters. The summed E-state index contributed by atoms with van der Waals surface area (Å²) in [5.41, 5.74) is 3.73. The summed E-state index contributed by atoms with van der Waals surface area (Å²) in [4.78, 5) is 29.1. The first-order chi connectivity index (χ1) is 14.5. The predicted octanol–water partition coefficient (Wildman–Crippen LogP) is 3.47. The van der Waals surface area contributed by atoms with Gasteiger partial charge in [-0.2, -0.15) is 0 Å². The maximum absolute atomic E-state index is 12.8. The van der Waals surface area contributed by atoms with E-state index in [1.807, 2.05) is 26.0 Å². The molecule has 0 aliphatic carbocycles. The molecule has 30 heavy (non-hydrogen) atoms. The van der Waals surface area contributed by atoms with E-state index in [4.69, 9.17) is 9.47 Å². The molecule has 158 valence electrons. The molecule has 1 fully saturated rings. The highest BCUT2D eigenvalue weighted by atomic mass is 16.5. The number of nitrogens with zero attached hydrogens (tertiary/aromatic N) is 1. The van der Waals surface area contributed by atoms with E-state index in [1.54, 1.807) is 30.3 Å². The zero-order valence-corrected chi connectivity index (χ0v) is 17.5. The van der Waals surface area contributed by atoms with Crippen molar-refractivity contribution in [3.63, 3.8) is 0 Å². The number of ether oxygens (including phenoxy) is 2. The lowest BCUT2D eigenvalue weighted by atomic mass is 10.1. The fourth-order valence-electron chi connectivity index (χ4n) is 3.13. The van der Waals surface area contributed by atoms with Crippen LogP contribution in [0.1, 0.15) is 44.7 Å². The Morgan fingerprint density at radius 3 is 2.67 bits per heavy atom. The van der Waals surface area contributed by atoms with Crippen LogP contribution in [0.5, 0.6) is 0 Å². The molecular weight excluding hydrogens is 382 g/mol. The summed E-state index contributed by atoms with van der Waals surface area (Å²) in [6.07, 6.45) is 2.00. The molecule has 1 aliphatic heterocycles. The molecule has 1 saturated heterocycles. The summed E-state index contributed by atoms with van der Waals surface area (Å²) in [6, 6.07) is 12.4. The van der Waals surface area contributed by atoms with Crippen molar-refractivity contribution in [2.24, 2.45) is 4.99 Å². The number of esters is 1. The van der Waals surface area contributed by atoms with Gasteiger partial charge in [0.05, 0.1) is 25.3 Å². The van der Waals surface area contributed by atoms with E-state index in [9.17, 15) is 9.59 Å². The maximum atomic E-state index is 12.8. The van der Waals surface area contributed by atoms with Gasteiger partial charge in [0.2, 0.25) is 5.96 Å². The van der Waals surface area contributed by atoms with Gasteiger partial charge in [0, 0.05) is 17.9 Å². The number of amides is 1. The van der Waals surface area contributed by atoms with Gasteiger partial charge in [-0.25, -0.2) is 9.79 Å². The first-order valence-corrected chi connectivity index (χ1v) is 9.96. The number of nitrogens with one attached hydrogen (secondary N) is 2. The summed E-state index contributed by atoms with van der Waals surface area (Å²) in [5, 5.41) is 5.95. The Morgan fingerprint density at radius 1 is 1.13 bits per heavy atom. The molecule has 1 amide bonds. The van der Waals surface area contributed by atoms with E-state index in [2.05, 4.69) is 15.6 Å². The minimum absolute atomic E-state index is 0.0433. The standard InChI is InChI=1S/C23H27N3O4/c1-15-9-10-17(12-16(15)2)21(27)26-23(24-14-20-8-5-11-30-20)25-19-7-4-6-18(13-19)22(28)29-3/h4,6-7,9-10,12-13,20H,5,8,11,14H2,1-3H3,(H2,24,25,26,27)/t20-/m1/s1. The van der Waals surface area contributed by atoms with Crippen molar-refractivity contribution < 1.29 is 19.1 Å². The van der Waals surface area contributed by atoms with E-state index in [0.29, 0.717) is 29.3 Å². The van der Waals surface area contributed by atoms with Crippen LogP contribution in [0.4, 0.5) is 5.69 Å². The van der Waals surface area contributed by atoms with Crippen LogP contribution in [0.25, 0.3) is 0 Å². The predicted molar refractivity (Wildman–Crippen MR) is 116 cm³/mol. The molecule has 7 nitrogen and oxygen atoms in total. The fraction of sp³-hybridized carbons (Fsp3) is 0.348. The van der Waals surface area contributed by atoms with Crippen molar-refractivity contribution >= 4 is 23.5 Å². The molecule has 0 saturated carbocycles. The number of aliphatic imine (C=N–C) groups is 1. The Balaban J connectivity index is 1.79. The Labute approximate surface area is 176 Å². The molecule has 2 aromatic carbocycles. The van der Waals surface area contributed by atoms with E-state index >= 15 is 0 Å². The van der Waals surface area contributed by atoms with Gasteiger partial charge in [0.1, 0.15) is 0 Å². The Hall–Kier alpha value is -3.19. The number of guanidine groups is 1. The molecule has 0 bridgehead atoms. The second kappa shape index (κ2) is 10.0. The minimum Gasteiger partial charge on any atom is -0.465 e. The first kappa shape index (κ1) is 21.5. The molecule has 2 N–H and O–H groups in total. The molecule has 1 aliphatic rings. The van der Waals surface area contributed by atoms with Crippen molar-refractivity contribution in [3.05, 3.63) is 64.7 Å². The number of carbonyl (C=O) groups is 2. The number of rotatable bonds is 5. The monoisotopic (exact) mass is 409 g/mol. The number of aryl methyl sites for hydroxylation is 2. The normalized spacial score (nSPS) is 16.2. The van der Waals surface area contributed by atoms with Crippen molar-refractivity contribution in [1.82, 2.24) is 5.32 Å². The Morgan fingerprint density at radius 2 is 1.97 bits per heavy atom. The van der Waals surface area contributed by atoms with E-state index in [-0.39, 0.29) is 12.0 Å². The Bertz CT molecular complexity index is 949. The lowest BCUT2D eigenvalue weighted by molar-refractivity contribution is 0.0600. The molecule has 0 aromatic heterocycles. The highest BCUT2D eigenvalue weighted by Gasteiger charge is 2.16. The summed E-state index contributed by atoms with van der Waals surface area (Å²) >= 11 is 0. The van der Waals surface area contributed by atoms with Gasteiger partial charge in [-0.3, -0.25) is 10.1 Å². The summed E-state index contributed by atoms with van der Waals surface area (Å²) in [5.74, 6) is -0.396. The molecule has 0 spiro atoms. The fourth-order valence-corrected chi connectivity index (χ4v) is 3.13. The lowest BCUT2D eigenvalue weighted by Gasteiger charge is -2.14. The molecule has 3 rings (SSSR count). The van der Waals surface area contributed by atoms with Gasteiger partial charge < -0.3 is 14.8 Å². The topological polar surface area (TPSA) is 89.0 Å². The third-order valence-corrected chi connectivity index (χ3v) is 5.02. The molecular formula is C23H27N3O4. The highest BCUT2D eigenvalue weighted by molar-refractivity contribution is 6.10. The minimum atomic E-state index is -0.435. The quantitative estimate of drug-likeness (QED) is 0.448. The first-order valence-electron chi connectivity index (χ1n) is 9.96. The highest BCUT2D eigenvalue weighted by Crippen LogP contribution is 2.14. The second-order valence-corrected chi connectivity index (χ2v) is 7.27. The third-order valence-electron chi connectivity index (χ3n) is 5.02. The zero-order valence-electron chi connectivity index (χ0n) is 17.5. The summed E-state index contributed by atoms with van der Waals surface area (Å²) in [6.45, 7) is 5.14. The number of carbonyl (C=O) groups excluding carboxylic acids is 2. The van der Waals surface area contributed by atoms with Gasteiger partial charge in [-0.1, -0.05) is 12.1 Å². The van der Waals surface area contributed by atoms with Crippen LogP contribution in [0.15, 0.2) is 47.5 Å². The second-order valence-electron chi connectivity index (χ2n) is 7.27. The van der Waals surface area contributed by atoms with Crippen LogP contribution in [-0.2, 0) is 9.47 Å². The van der Waals surface area contributed by atoms with Gasteiger partial charge in [0.15, 0.2) is 0 Å². The molecule has 0 radical (unpaired) electrons. The van der Waals surface area contributed by atoms with Crippen LogP contribution in [0.2, 0.25) is 0 Å². The van der Waals surface area contributed by atoms with Crippen molar-refractivity contribution in [3.8, 4) is 0 Å². The third kappa shape index (κ3) is 5.67. The number of methoxy groups -OCH3 is 1. The average Bonchev–Trinajstić information content (AvgIpc) is 3.27. The zero-order chi connectivity index (χ0) is 21.5. The van der Waals surface area contributed by atoms with Crippen LogP contribution < -0.4 is 10.6 Å². The van der Waals surface area contributed by atoms with Gasteiger partial charge in [0.25, 0.3) is 5.91 Å². The molecule has 1 atom stereocenters. The maximum Gasteiger partial charge on any atom is 0.337 e. The van der Waals surface area contributed by atoms with Crippen molar-refractivity contribution in [2.45, 2.75) is 32.8 Å². The van der Waals surface area contributed by atoms with Crippen LogP contribution >= 0.6 is 0 Å². The number of anilines is 1. The van der Waals surface area contributed by atoms with Crippen LogP contribution in [0, 0.1) is 13.8 Å². The molecule has 1 heterocycles. The lowest BCUT2D eigenvalue weighted by Crippen LogP contribution is -2.36. The van der Waals surface area contributed by atoms with E-state index in [0.717, 1.165) is 30.6 Å². The largest absolute Gasteiger partial charge is 0.465 e. The number of hydrogen-bond donors (Lipinski definition) is 2. The van der Waals surface area contributed by atoms with Gasteiger partial charge in [-0.15, -0.1) is 0 Å². The van der Waals surface area contributed by atoms with Gasteiger partial charge >= 0.3 is 5.97 Å². The van der Waals surface area contributed by atoms with Crippen LogP contribution in [-0.4, -0.2) is 44.2 Å².